The second-order valence-electron chi connectivity index (χ2n) is 4.34. The molecule has 2 heterocycles. The number of aliphatic hydroxyl groups is 1. The lowest BCUT2D eigenvalue weighted by Gasteiger charge is -2.10. The third kappa shape index (κ3) is 2.08. The van der Waals surface area contributed by atoms with Crippen molar-refractivity contribution in [3.8, 4) is 11.5 Å². The van der Waals surface area contributed by atoms with Crippen LogP contribution in [0.25, 0.3) is 0 Å². The first kappa shape index (κ1) is 11.8. The lowest BCUT2D eigenvalue weighted by molar-refractivity contribution is 0.149. The molecule has 0 saturated heterocycles. The minimum Gasteiger partial charge on any atom is -0.454 e. The molecule has 0 radical (unpaired) electrons. The molecular weight excluding hydrogens is 250 g/mol. The maximum atomic E-state index is 11.6. The average molecular weight is 263 g/mol. The van der Waals surface area contributed by atoms with Crippen molar-refractivity contribution >= 4 is 0 Å². The van der Waals surface area contributed by atoms with Gasteiger partial charge in [-0.1, -0.05) is 6.07 Å². The molecule has 7 heteroatoms. The van der Waals surface area contributed by atoms with Crippen molar-refractivity contribution in [2.24, 2.45) is 7.05 Å². The van der Waals surface area contributed by atoms with Crippen LogP contribution in [-0.2, 0) is 13.6 Å². The molecule has 0 amide bonds. The molecule has 0 spiro atoms. The van der Waals surface area contributed by atoms with E-state index in [1.54, 1.807) is 25.2 Å². The number of fused-ring (bicyclic) bond motifs is 1. The highest BCUT2D eigenvalue weighted by molar-refractivity contribution is 5.45. The first-order valence-electron chi connectivity index (χ1n) is 5.81. The molecule has 1 aliphatic rings. The van der Waals surface area contributed by atoms with Crippen molar-refractivity contribution in [1.82, 2.24) is 14.3 Å². The Kier molecular flexibility index (Phi) is 2.75. The van der Waals surface area contributed by atoms with E-state index in [1.807, 2.05) is 0 Å². The van der Waals surface area contributed by atoms with Crippen molar-refractivity contribution in [3.05, 3.63) is 40.6 Å². The highest BCUT2D eigenvalue weighted by Gasteiger charge is 2.17. The van der Waals surface area contributed by atoms with Gasteiger partial charge in [0.1, 0.15) is 6.33 Å². The summed E-state index contributed by atoms with van der Waals surface area (Å²) in [7, 11) is 1.61. The van der Waals surface area contributed by atoms with E-state index in [9.17, 15) is 9.90 Å². The molecule has 0 fully saturated rings. The molecule has 3 rings (SSSR count). The van der Waals surface area contributed by atoms with Crippen molar-refractivity contribution in [1.29, 1.82) is 0 Å². The number of benzene rings is 1. The Morgan fingerprint density at radius 1 is 1.42 bits per heavy atom. The van der Waals surface area contributed by atoms with Gasteiger partial charge >= 0.3 is 5.69 Å². The smallest absolute Gasteiger partial charge is 0.345 e. The van der Waals surface area contributed by atoms with Gasteiger partial charge in [0.2, 0.25) is 6.79 Å². The van der Waals surface area contributed by atoms with Gasteiger partial charge in [0.15, 0.2) is 11.5 Å². The van der Waals surface area contributed by atoms with E-state index in [0.29, 0.717) is 17.1 Å². The average Bonchev–Trinajstić information content (AvgIpc) is 2.99. The number of ether oxygens (including phenoxy) is 2. The number of aliphatic hydroxyl groups excluding tert-OH is 1. The Balaban J connectivity index is 1.82. The van der Waals surface area contributed by atoms with E-state index in [1.165, 1.54) is 15.6 Å². The Hall–Kier alpha value is -2.28. The van der Waals surface area contributed by atoms with Gasteiger partial charge in [-0.15, -0.1) is 0 Å². The molecule has 0 bridgehead atoms. The fourth-order valence-electron chi connectivity index (χ4n) is 1.94. The predicted molar refractivity (Wildman–Crippen MR) is 65.0 cm³/mol. The van der Waals surface area contributed by atoms with Gasteiger partial charge in [-0.25, -0.2) is 9.48 Å². The summed E-state index contributed by atoms with van der Waals surface area (Å²) in [5.74, 6) is 1.26. The molecule has 7 nitrogen and oxygen atoms in total. The summed E-state index contributed by atoms with van der Waals surface area (Å²) in [5.41, 5.74) is 0.390. The van der Waals surface area contributed by atoms with Gasteiger partial charge in [0.25, 0.3) is 0 Å². The zero-order valence-electron chi connectivity index (χ0n) is 10.3. The first-order chi connectivity index (χ1) is 9.15. The normalized spacial score (nSPS) is 14.6. The van der Waals surface area contributed by atoms with Crippen molar-refractivity contribution < 1.29 is 14.6 Å². The van der Waals surface area contributed by atoms with Gasteiger partial charge < -0.3 is 14.6 Å². The summed E-state index contributed by atoms with van der Waals surface area (Å²) in [6.45, 7) is 0.286. The molecule has 2 aromatic rings. The van der Waals surface area contributed by atoms with E-state index in [4.69, 9.17) is 9.47 Å². The molecule has 1 unspecified atom stereocenters. The molecule has 1 aliphatic heterocycles. The molecule has 100 valence electrons. The second-order valence-corrected chi connectivity index (χ2v) is 4.34. The lowest BCUT2D eigenvalue weighted by atomic mass is 10.1. The Morgan fingerprint density at radius 3 is 2.95 bits per heavy atom. The minimum absolute atomic E-state index is 0.0965. The van der Waals surface area contributed by atoms with E-state index in [0.717, 1.165) is 0 Å². The molecular formula is C12H13N3O4. The summed E-state index contributed by atoms with van der Waals surface area (Å²) in [4.78, 5) is 11.6. The zero-order chi connectivity index (χ0) is 13.4. The highest BCUT2D eigenvalue weighted by Crippen LogP contribution is 2.34. The number of rotatable bonds is 3. The van der Waals surface area contributed by atoms with Gasteiger partial charge in [-0.3, -0.25) is 4.57 Å². The van der Waals surface area contributed by atoms with E-state index in [2.05, 4.69) is 5.10 Å². The van der Waals surface area contributed by atoms with Crippen LogP contribution in [0.2, 0.25) is 0 Å². The topological polar surface area (TPSA) is 78.5 Å². The Labute approximate surface area is 108 Å². The summed E-state index contributed by atoms with van der Waals surface area (Å²) in [6, 6.07) is 5.19. The summed E-state index contributed by atoms with van der Waals surface area (Å²) in [6.07, 6.45) is 0.580. The van der Waals surface area contributed by atoms with Crippen molar-refractivity contribution in [2.75, 3.05) is 6.79 Å². The fourth-order valence-corrected chi connectivity index (χ4v) is 1.94. The SMILES string of the molecule is Cn1cnn(CC(O)c2ccc3c(c2)OCO3)c1=O. The van der Waals surface area contributed by atoms with Gasteiger partial charge in [0.05, 0.1) is 12.6 Å². The maximum absolute atomic E-state index is 11.6. The van der Waals surface area contributed by atoms with Crippen LogP contribution in [0.3, 0.4) is 0 Å². The first-order valence-corrected chi connectivity index (χ1v) is 5.81. The van der Waals surface area contributed by atoms with Crippen molar-refractivity contribution in [3.63, 3.8) is 0 Å². The van der Waals surface area contributed by atoms with E-state index in [-0.39, 0.29) is 19.0 Å². The molecule has 0 saturated carbocycles. The third-order valence-corrected chi connectivity index (χ3v) is 3.01. The summed E-state index contributed by atoms with van der Waals surface area (Å²) < 4.78 is 13.0. The van der Waals surface area contributed by atoms with Crippen LogP contribution in [0.4, 0.5) is 0 Å². The van der Waals surface area contributed by atoms with Crippen LogP contribution >= 0.6 is 0 Å². The van der Waals surface area contributed by atoms with Gasteiger partial charge in [0, 0.05) is 7.05 Å². The molecule has 1 aromatic carbocycles. The third-order valence-electron chi connectivity index (χ3n) is 3.01. The molecule has 0 aliphatic carbocycles. The monoisotopic (exact) mass is 263 g/mol. The minimum atomic E-state index is -0.831. The van der Waals surface area contributed by atoms with Crippen LogP contribution < -0.4 is 15.2 Å². The summed E-state index contributed by atoms with van der Waals surface area (Å²) >= 11 is 0. The standard InChI is InChI=1S/C12H13N3O4/c1-14-6-13-15(12(14)17)5-9(16)8-2-3-10-11(4-8)19-7-18-10/h2-4,6,9,16H,5,7H2,1H3. The maximum Gasteiger partial charge on any atom is 0.345 e. The fraction of sp³-hybridized carbons (Fsp3) is 0.333. The number of hydrogen-bond acceptors (Lipinski definition) is 5. The number of nitrogens with zero attached hydrogens (tertiary/aromatic N) is 3. The summed E-state index contributed by atoms with van der Waals surface area (Å²) in [5, 5.41) is 14.0. The number of aromatic nitrogens is 3. The van der Waals surface area contributed by atoms with Crippen LogP contribution in [0.15, 0.2) is 29.3 Å². The van der Waals surface area contributed by atoms with Gasteiger partial charge in [-0.05, 0) is 17.7 Å². The van der Waals surface area contributed by atoms with Crippen LogP contribution in [0.1, 0.15) is 11.7 Å². The quantitative estimate of drug-likeness (QED) is 0.846. The lowest BCUT2D eigenvalue weighted by Crippen LogP contribution is -2.25. The molecule has 1 atom stereocenters. The number of aryl methyl sites for hydroxylation is 1. The number of hydrogen-bond donors (Lipinski definition) is 1. The Morgan fingerprint density at radius 2 is 2.21 bits per heavy atom. The molecule has 1 N–H and O–H groups in total. The van der Waals surface area contributed by atoms with Crippen LogP contribution in [0, 0.1) is 0 Å². The van der Waals surface area contributed by atoms with Crippen LogP contribution in [0.5, 0.6) is 11.5 Å². The van der Waals surface area contributed by atoms with Gasteiger partial charge in [-0.2, -0.15) is 5.10 Å². The van der Waals surface area contributed by atoms with E-state index < -0.39 is 6.10 Å². The largest absolute Gasteiger partial charge is 0.454 e. The van der Waals surface area contributed by atoms with Crippen LogP contribution in [-0.4, -0.2) is 26.2 Å². The van der Waals surface area contributed by atoms with Crippen molar-refractivity contribution in [2.45, 2.75) is 12.6 Å². The zero-order valence-corrected chi connectivity index (χ0v) is 10.3. The highest BCUT2D eigenvalue weighted by atomic mass is 16.7. The molecule has 1 aromatic heterocycles. The predicted octanol–water partition coefficient (Wildman–Crippen LogP) is 0.0441. The Bertz CT molecular complexity index is 661. The van der Waals surface area contributed by atoms with E-state index >= 15 is 0 Å². The molecule has 19 heavy (non-hydrogen) atoms. The second kappa shape index (κ2) is 4.43.